The molecule has 0 unspecified atom stereocenters. The van der Waals surface area contributed by atoms with Crippen LogP contribution in [-0.2, 0) is 9.47 Å². The minimum Gasteiger partial charge on any atom is -0.462 e. The lowest BCUT2D eigenvalue weighted by molar-refractivity contribution is 0.0527. The highest BCUT2D eigenvalue weighted by molar-refractivity contribution is 7.18. The summed E-state index contributed by atoms with van der Waals surface area (Å²) in [6.07, 6.45) is 1.42. The van der Waals surface area contributed by atoms with E-state index in [1.54, 1.807) is 13.8 Å². The molecule has 2 aromatic rings. The molecule has 0 radical (unpaired) electrons. The van der Waals surface area contributed by atoms with Gasteiger partial charge in [0.25, 0.3) is 5.91 Å². The number of hydrogen-bond acceptors (Lipinski definition) is 6. The second kappa shape index (κ2) is 9.09. The zero-order valence-corrected chi connectivity index (χ0v) is 15.7. The Hall–Kier alpha value is -3.00. The molecular weight excluding hydrogens is 373 g/mol. The fourth-order valence-electron chi connectivity index (χ4n) is 2.22. The van der Waals surface area contributed by atoms with Crippen LogP contribution in [0.4, 0.5) is 9.39 Å². The summed E-state index contributed by atoms with van der Waals surface area (Å²) in [6.45, 7) is 6.84. The van der Waals surface area contributed by atoms with E-state index >= 15 is 0 Å². The minimum absolute atomic E-state index is 0.0161. The van der Waals surface area contributed by atoms with Gasteiger partial charge in [-0.05, 0) is 43.7 Å². The van der Waals surface area contributed by atoms with E-state index in [1.807, 2.05) is 0 Å². The maximum absolute atomic E-state index is 13.0. The average molecular weight is 391 g/mol. The molecule has 0 bridgehead atoms. The van der Waals surface area contributed by atoms with Crippen LogP contribution in [0.15, 0.2) is 36.9 Å². The minimum atomic E-state index is -0.663. The van der Waals surface area contributed by atoms with Crippen molar-refractivity contribution in [2.24, 2.45) is 0 Å². The number of hydrogen-bond donors (Lipinski definition) is 1. The van der Waals surface area contributed by atoms with Gasteiger partial charge in [-0.3, -0.25) is 4.79 Å². The first-order valence-corrected chi connectivity index (χ1v) is 8.86. The van der Waals surface area contributed by atoms with Gasteiger partial charge in [0.05, 0.1) is 12.2 Å². The lowest BCUT2D eigenvalue weighted by Gasteiger charge is -2.07. The Balaban J connectivity index is 2.38. The van der Waals surface area contributed by atoms with Gasteiger partial charge in [0, 0.05) is 5.56 Å². The highest BCUT2D eigenvalue weighted by Gasteiger charge is 2.27. The number of halogens is 1. The van der Waals surface area contributed by atoms with Crippen molar-refractivity contribution in [1.29, 1.82) is 0 Å². The van der Waals surface area contributed by atoms with Crippen molar-refractivity contribution in [3.05, 3.63) is 64.3 Å². The summed E-state index contributed by atoms with van der Waals surface area (Å²) in [5.74, 6) is -2.32. The molecule has 0 spiro atoms. The van der Waals surface area contributed by atoms with Crippen molar-refractivity contribution < 1.29 is 28.2 Å². The monoisotopic (exact) mass is 391 g/mol. The third-order valence-electron chi connectivity index (χ3n) is 3.48. The van der Waals surface area contributed by atoms with Gasteiger partial charge >= 0.3 is 11.9 Å². The van der Waals surface area contributed by atoms with Crippen LogP contribution in [0, 0.1) is 12.7 Å². The molecule has 0 aliphatic carbocycles. The molecule has 142 valence electrons. The molecule has 1 amide bonds. The first-order valence-electron chi connectivity index (χ1n) is 8.04. The van der Waals surface area contributed by atoms with Crippen molar-refractivity contribution in [1.82, 2.24) is 0 Å². The van der Waals surface area contributed by atoms with Crippen molar-refractivity contribution in [2.75, 3.05) is 18.5 Å². The summed E-state index contributed by atoms with van der Waals surface area (Å²) < 4.78 is 23.1. The lowest BCUT2D eigenvalue weighted by atomic mass is 10.1. The predicted octanol–water partition coefficient (Wildman–Crippen LogP) is 3.97. The van der Waals surface area contributed by atoms with E-state index in [4.69, 9.17) is 9.47 Å². The predicted molar refractivity (Wildman–Crippen MR) is 99.8 cm³/mol. The van der Waals surface area contributed by atoms with Crippen molar-refractivity contribution in [3.8, 4) is 0 Å². The maximum Gasteiger partial charge on any atom is 0.348 e. The second-order valence-corrected chi connectivity index (χ2v) is 6.35. The summed E-state index contributed by atoms with van der Waals surface area (Å²) >= 11 is 0.909. The summed E-state index contributed by atoms with van der Waals surface area (Å²) in [6, 6.07) is 4.93. The summed E-state index contributed by atoms with van der Waals surface area (Å²) in [4.78, 5) is 37.1. The Morgan fingerprint density at radius 2 is 1.85 bits per heavy atom. The van der Waals surface area contributed by atoms with Gasteiger partial charge < -0.3 is 14.8 Å². The molecule has 1 N–H and O–H groups in total. The molecule has 0 atom stereocenters. The topological polar surface area (TPSA) is 81.7 Å². The molecule has 1 aromatic carbocycles. The molecule has 6 nitrogen and oxygen atoms in total. The zero-order chi connectivity index (χ0) is 20.0. The second-order valence-electron chi connectivity index (χ2n) is 5.33. The van der Waals surface area contributed by atoms with E-state index in [1.165, 1.54) is 18.2 Å². The van der Waals surface area contributed by atoms with Crippen LogP contribution in [0.25, 0.3) is 0 Å². The maximum atomic E-state index is 13.0. The first-order chi connectivity index (χ1) is 12.9. The van der Waals surface area contributed by atoms with Gasteiger partial charge in [-0.25, -0.2) is 14.0 Å². The van der Waals surface area contributed by atoms with Crippen LogP contribution in [-0.4, -0.2) is 31.1 Å². The van der Waals surface area contributed by atoms with Gasteiger partial charge in [0.1, 0.15) is 22.3 Å². The van der Waals surface area contributed by atoms with Gasteiger partial charge in [-0.2, -0.15) is 0 Å². The Morgan fingerprint density at radius 1 is 1.19 bits per heavy atom. The van der Waals surface area contributed by atoms with E-state index < -0.39 is 23.7 Å². The van der Waals surface area contributed by atoms with Crippen LogP contribution in [0.2, 0.25) is 0 Å². The third-order valence-corrected chi connectivity index (χ3v) is 4.66. The van der Waals surface area contributed by atoms with Crippen molar-refractivity contribution >= 4 is 34.2 Å². The number of carbonyl (C=O) groups excluding carboxylic acids is 3. The zero-order valence-electron chi connectivity index (χ0n) is 14.8. The standard InChI is InChI=1S/C19H18FNO5S/c1-4-10-26-19(24)15-11(3)14(18(23)25-5-2)17(27-15)21-16(22)12-6-8-13(20)9-7-12/h4,6-9H,1,5,10H2,2-3H3,(H,21,22). The van der Waals surface area contributed by atoms with E-state index in [0.29, 0.717) is 5.56 Å². The molecule has 2 rings (SSSR count). The molecule has 1 aromatic heterocycles. The number of amides is 1. The van der Waals surface area contributed by atoms with Crippen molar-refractivity contribution in [3.63, 3.8) is 0 Å². The van der Waals surface area contributed by atoms with Crippen LogP contribution < -0.4 is 5.32 Å². The molecule has 0 saturated heterocycles. The number of benzene rings is 1. The average Bonchev–Trinajstić information content (AvgIpc) is 2.96. The fraction of sp³-hybridized carbons (Fsp3) is 0.211. The third kappa shape index (κ3) is 4.79. The number of esters is 2. The Kier molecular flexibility index (Phi) is 6.84. The van der Waals surface area contributed by atoms with Crippen LogP contribution in [0.1, 0.15) is 42.9 Å². The normalized spacial score (nSPS) is 10.2. The van der Waals surface area contributed by atoms with Gasteiger partial charge in [0.15, 0.2) is 0 Å². The lowest BCUT2D eigenvalue weighted by Crippen LogP contribution is -2.15. The Morgan fingerprint density at radius 3 is 2.44 bits per heavy atom. The van der Waals surface area contributed by atoms with E-state index in [9.17, 15) is 18.8 Å². The number of anilines is 1. The van der Waals surface area contributed by atoms with Crippen LogP contribution >= 0.6 is 11.3 Å². The quantitative estimate of drug-likeness (QED) is 0.571. The van der Waals surface area contributed by atoms with Crippen LogP contribution in [0.3, 0.4) is 0 Å². The number of rotatable bonds is 7. The Bertz CT molecular complexity index is 873. The smallest absolute Gasteiger partial charge is 0.348 e. The molecule has 0 saturated carbocycles. The largest absolute Gasteiger partial charge is 0.462 e. The summed E-state index contributed by atoms with van der Waals surface area (Å²) in [5, 5.41) is 2.74. The van der Waals surface area contributed by atoms with E-state index in [2.05, 4.69) is 11.9 Å². The van der Waals surface area contributed by atoms with E-state index in [0.717, 1.165) is 23.5 Å². The van der Waals surface area contributed by atoms with E-state index in [-0.39, 0.29) is 34.2 Å². The fourth-order valence-corrected chi connectivity index (χ4v) is 3.31. The summed E-state index contributed by atoms with van der Waals surface area (Å²) in [5.41, 5.74) is 0.637. The molecule has 0 aliphatic heterocycles. The molecule has 27 heavy (non-hydrogen) atoms. The number of ether oxygens (including phenoxy) is 2. The highest BCUT2D eigenvalue weighted by atomic mass is 32.1. The molecule has 8 heteroatoms. The van der Waals surface area contributed by atoms with Gasteiger partial charge in [-0.1, -0.05) is 12.7 Å². The van der Waals surface area contributed by atoms with Gasteiger partial charge in [0.2, 0.25) is 0 Å². The summed E-state index contributed by atoms with van der Waals surface area (Å²) in [7, 11) is 0. The molecule has 0 fully saturated rings. The highest BCUT2D eigenvalue weighted by Crippen LogP contribution is 2.34. The SMILES string of the molecule is C=CCOC(=O)c1sc(NC(=O)c2ccc(F)cc2)c(C(=O)OCC)c1C. The number of thiophene rings is 1. The van der Waals surface area contributed by atoms with Crippen LogP contribution in [0.5, 0.6) is 0 Å². The Labute approximate surface area is 159 Å². The number of carbonyl (C=O) groups is 3. The number of nitrogens with one attached hydrogen (secondary N) is 1. The molecule has 1 heterocycles. The molecular formula is C19H18FNO5S. The first kappa shape index (κ1) is 20.3. The van der Waals surface area contributed by atoms with Crippen molar-refractivity contribution in [2.45, 2.75) is 13.8 Å². The molecule has 0 aliphatic rings. The van der Waals surface area contributed by atoms with Gasteiger partial charge in [-0.15, -0.1) is 11.3 Å².